The Morgan fingerprint density at radius 2 is 2.36 bits per heavy atom. The maximum absolute atomic E-state index is 5.14. The molecule has 11 heavy (non-hydrogen) atoms. The van der Waals surface area contributed by atoms with E-state index in [1.807, 2.05) is 6.07 Å². The van der Waals surface area contributed by atoms with Crippen LogP contribution >= 0.6 is 0 Å². The van der Waals surface area contributed by atoms with Gasteiger partial charge in [0.25, 0.3) is 0 Å². The highest BCUT2D eigenvalue weighted by molar-refractivity contribution is 5.29. The van der Waals surface area contributed by atoms with Crippen LogP contribution in [-0.2, 0) is 6.42 Å². The molecule has 2 heteroatoms. The van der Waals surface area contributed by atoms with Gasteiger partial charge in [0.2, 0.25) is 0 Å². The highest BCUT2D eigenvalue weighted by atomic mass is 16.5. The molecule has 0 spiro atoms. The molecule has 0 aliphatic rings. The van der Waals surface area contributed by atoms with E-state index in [9.17, 15) is 0 Å². The van der Waals surface area contributed by atoms with Crippen molar-refractivity contribution in [2.24, 2.45) is 0 Å². The van der Waals surface area contributed by atoms with Gasteiger partial charge in [0.1, 0.15) is 5.75 Å². The van der Waals surface area contributed by atoms with E-state index in [0.29, 0.717) is 0 Å². The summed E-state index contributed by atoms with van der Waals surface area (Å²) >= 11 is 0. The molecule has 0 unspecified atom stereocenters. The van der Waals surface area contributed by atoms with Gasteiger partial charge in [-0.25, -0.2) is 0 Å². The Balaban J connectivity index is 2.83. The molecule has 60 valence electrons. The lowest BCUT2D eigenvalue weighted by Crippen LogP contribution is -1.91. The van der Waals surface area contributed by atoms with Crippen LogP contribution in [-0.4, -0.2) is 12.1 Å². The highest BCUT2D eigenvalue weighted by Gasteiger charge is 1.98. The summed E-state index contributed by atoms with van der Waals surface area (Å²) in [5.74, 6) is 0.898. The van der Waals surface area contributed by atoms with E-state index in [0.717, 1.165) is 18.6 Å². The Bertz CT molecular complexity index is 223. The summed E-state index contributed by atoms with van der Waals surface area (Å²) in [6, 6.07) is 2.00. The minimum Gasteiger partial charge on any atom is -0.495 e. The van der Waals surface area contributed by atoms with Crippen LogP contribution in [0.5, 0.6) is 5.75 Å². The third kappa shape index (κ3) is 1.93. The molecule has 1 aromatic heterocycles. The second-order valence-corrected chi connectivity index (χ2v) is 2.44. The number of aryl methyl sites for hydroxylation is 1. The van der Waals surface area contributed by atoms with Crippen molar-refractivity contribution >= 4 is 0 Å². The lowest BCUT2D eigenvalue weighted by molar-refractivity contribution is 0.407. The summed E-state index contributed by atoms with van der Waals surface area (Å²) in [7, 11) is 1.68. The van der Waals surface area contributed by atoms with Crippen molar-refractivity contribution in [1.82, 2.24) is 4.98 Å². The molecule has 0 aliphatic carbocycles. The van der Waals surface area contributed by atoms with Crippen molar-refractivity contribution in [3.05, 3.63) is 24.0 Å². The number of rotatable bonds is 3. The first-order valence-electron chi connectivity index (χ1n) is 3.85. The molecule has 1 aromatic rings. The summed E-state index contributed by atoms with van der Waals surface area (Å²) in [5.41, 5.74) is 1.24. The SMILES string of the molecule is CCCc1ccncc1OC. The second kappa shape index (κ2) is 3.96. The van der Waals surface area contributed by atoms with Gasteiger partial charge in [-0.2, -0.15) is 0 Å². The molecule has 2 nitrogen and oxygen atoms in total. The van der Waals surface area contributed by atoms with Gasteiger partial charge in [-0.3, -0.25) is 4.98 Å². The van der Waals surface area contributed by atoms with Crippen molar-refractivity contribution in [2.75, 3.05) is 7.11 Å². The Hall–Kier alpha value is -1.05. The first kappa shape index (κ1) is 8.05. The van der Waals surface area contributed by atoms with Gasteiger partial charge in [-0.1, -0.05) is 13.3 Å². The van der Waals surface area contributed by atoms with Crippen LogP contribution in [0.3, 0.4) is 0 Å². The molecule has 1 heterocycles. The fraction of sp³-hybridized carbons (Fsp3) is 0.444. The van der Waals surface area contributed by atoms with E-state index in [1.165, 1.54) is 5.56 Å². The normalized spacial score (nSPS) is 9.64. The third-order valence-corrected chi connectivity index (χ3v) is 1.61. The Morgan fingerprint density at radius 1 is 1.55 bits per heavy atom. The zero-order chi connectivity index (χ0) is 8.10. The molecule has 1 rings (SSSR count). The average Bonchev–Trinajstić information content (AvgIpc) is 2.06. The Labute approximate surface area is 67.2 Å². The van der Waals surface area contributed by atoms with Crippen LogP contribution in [0.1, 0.15) is 18.9 Å². The fourth-order valence-electron chi connectivity index (χ4n) is 1.07. The van der Waals surface area contributed by atoms with Gasteiger partial charge in [0, 0.05) is 6.20 Å². The minimum absolute atomic E-state index is 0.898. The number of aromatic nitrogens is 1. The first-order valence-corrected chi connectivity index (χ1v) is 3.85. The van der Waals surface area contributed by atoms with Crippen LogP contribution < -0.4 is 4.74 Å². The maximum atomic E-state index is 5.14. The Kier molecular flexibility index (Phi) is 2.90. The minimum atomic E-state index is 0.898. The molecule has 0 fully saturated rings. The van der Waals surface area contributed by atoms with E-state index < -0.39 is 0 Å². The van der Waals surface area contributed by atoms with Crippen LogP contribution in [0.15, 0.2) is 18.5 Å². The highest BCUT2D eigenvalue weighted by Crippen LogP contribution is 2.16. The first-order chi connectivity index (χ1) is 5.38. The predicted octanol–water partition coefficient (Wildman–Crippen LogP) is 2.04. The second-order valence-electron chi connectivity index (χ2n) is 2.44. The van der Waals surface area contributed by atoms with Gasteiger partial charge < -0.3 is 4.74 Å². The Morgan fingerprint density at radius 3 is 3.00 bits per heavy atom. The lowest BCUT2D eigenvalue weighted by atomic mass is 10.1. The summed E-state index contributed by atoms with van der Waals surface area (Å²) < 4.78 is 5.14. The van der Waals surface area contributed by atoms with Crippen LogP contribution in [0.2, 0.25) is 0 Å². The van der Waals surface area contributed by atoms with E-state index in [1.54, 1.807) is 19.5 Å². The molecule has 0 aromatic carbocycles. The van der Waals surface area contributed by atoms with Gasteiger partial charge in [0.05, 0.1) is 13.3 Å². The number of ether oxygens (including phenoxy) is 1. The molecule has 0 atom stereocenters. The molecule has 0 bridgehead atoms. The van der Waals surface area contributed by atoms with Gasteiger partial charge in [-0.05, 0) is 18.1 Å². The average molecular weight is 151 g/mol. The molecule has 0 radical (unpaired) electrons. The van der Waals surface area contributed by atoms with Gasteiger partial charge in [0.15, 0.2) is 0 Å². The monoisotopic (exact) mass is 151 g/mol. The summed E-state index contributed by atoms with van der Waals surface area (Å²) in [6.45, 7) is 2.15. The molecule has 0 amide bonds. The zero-order valence-corrected chi connectivity index (χ0v) is 7.00. The number of methoxy groups -OCH3 is 1. The number of hydrogen-bond acceptors (Lipinski definition) is 2. The summed E-state index contributed by atoms with van der Waals surface area (Å²) in [5, 5.41) is 0. The molecule has 0 N–H and O–H groups in total. The third-order valence-electron chi connectivity index (χ3n) is 1.61. The molecular formula is C9H13NO. The molecular weight excluding hydrogens is 138 g/mol. The smallest absolute Gasteiger partial charge is 0.140 e. The maximum Gasteiger partial charge on any atom is 0.140 e. The van der Waals surface area contributed by atoms with E-state index >= 15 is 0 Å². The number of pyridine rings is 1. The summed E-state index contributed by atoms with van der Waals surface area (Å²) in [6.07, 6.45) is 5.75. The lowest BCUT2D eigenvalue weighted by Gasteiger charge is -2.04. The van der Waals surface area contributed by atoms with Crippen LogP contribution in [0.25, 0.3) is 0 Å². The van der Waals surface area contributed by atoms with Crippen LogP contribution in [0, 0.1) is 0 Å². The predicted molar refractivity (Wildman–Crippen MR) is 44.8 cm³/mol. The largest absolute Gasteiger partial charge is 0.495 e. The van der Waals surface area contributed by atoms with Gasteiger partial charge in [-0.15, -0.1) is 0 Å². The number of nitrogens with zero attached hydrogens (tertiary/aromatic N) is 1. The molecule has 0 aliphatic heterocycles. The van der Waals surface area contributed by atoms with Crippen molar-refractivity contribution in [2.45, 2.75) is 19.8 Å². The zero-order valence-electron chi connectivity index (χ0n) is 7.00. The topological polar surface area (TPSA) is 22.1 Å². The van der Waals surface area contributed by atoms with E-state index in [-0.39, 0.29) is 0 Å². The molecule has 0 saturated heterocycles. The number of hydrogen-bond donors (Lipinski definition) is 0. The standard InChI is InChI=1S/C9H13NO/c1-3-4-8-5-6-10-7-9(8)11-2/h5-7H,3-4H2,1-2H3. The summed E-state index contributed by atoms with van der Waals surface area (Å²) in [4.78, 5) is 3.97. The van der Waals surface area contributed by atoms with E-state index in [4.69, 9.17) is 4.74 Å². The van der Waals surface area contributed by atoms with Crippen molar-refractivity contribution in [3.8, 4) is 5.75 Å². The quantitative estimate of drug-likeness (QED) is 0.659. The van der Waals surface area contributed by atoms with Crippen molar-refractivity contribution < 1.29 is 4.74 Å². The van der Waals surface area contributed by atoms with Gasteiger partial charge >= 0.3 is 0 Å². The van der Waals surface area contributed by atoms with Crippen molar-refractivity contribution in [1.29, 1.82) is 0 Å². The van der Waals surface area contributed by atoms with E-state index in [2.05, 4.69) is 11.9 Å². The molecule has 0 saturated carbocycles. The van der Waals surface area contributed by atoms with Crippen LogP contribution in [0.4, 0.5) is 0 Å². The fourth-order valence-corrected chi connectivity index (χ4v) is 1.07. The van der Waals surface area contributed by atoms with Crippen molar-refractivity contribution in [3.63, 3.8) is 0 Å².